The zero-order valence-electron chi connectivity index (χ0n) is 15.0. The molecule has 27 heavy (non-hydrogen) atoms. The fourth-order valence-electron chi connectivity index (χ4n) is 2.24. The first-order valence-electron chi connectivity index (χ1n) is 8.62. The van der Waals surface area contributed by atoms with Crippen LogP contribution in [0.2, 0.25) is 0 Å². The monoisotopic (exact) mass is 391 g/mol. The summed E-state index contributed by atoms with van der Waals surface area (Å²) in [5, 5.41) is 11.2. The van der Waals surface area contributed by atoms with E-state index in [1.165, 1.54) is 12.1 Å². The molecular formula is C20H22FNO4S. The first-order chi connectivity index (χ1) is 13.0. The van der Waals surface area contributed by atoms with Crippen molar-refractivity contribution in [2.75, 3.05) is 13.2 Å². The van der Waals surface area contributed by atoms with Gasteiger partial charge in [0, 0.05) is 11.4 Å². The average Bonchev–Trinajstić information content (AvgIpc) is 2.66. The van der Waals surface area contributed by atoms with Crippen LogP contribution in [0.15, 0.2) is 53.4 Å². The van der Waals surface area contributed by atoms with E-state index >= 15 is 0 Å². The molecule has 0 saturated carbocycles. The van der Waals surface area contributed by atoms with Crippen molar-refractivity contribution in [3.63, 3.8) is 0 Å². The maximum absolute atomic E-state index is 12.8. The van der Waals surface area contributed by atoms with Gasteiger partial charge in [0.1, 0.15) is 16.8 Å². The normalized spacial score (nSPS) is 11.6. The Morgan fingerprint density at radius 2 is 1.85 bits per heavy atom. The summed E-state index contributed by atoms with van der Waals surface area (Å²) in [6, 6.07) is 12.8. The third kappa shape index (κ3) is 6.94. The van der Waals surface area contributed by atoms with E-state index in [0.29, 0.717) is 29.4 Å². The highest BCUT2D eigenvalue weighted by atomic mass is 32.2. The lowest BCUT2D eigenvalue weighted by Gasteiger charge is -2.12. The van der Waals surface area contributed by atoms with Gasteiger partial charge in [0.05, 0.1) is 12.2 Å². The molecule has 0 aromatic heterocycles. The van der Waals surface area contributed by atoms with Gasteiger partial charge in [-0.05, 0) is 56.2 Å². The van der Waals surface area contributed by atoms with Crippen LogP contribution in [-0.2, 0) is 4.79 Å². The Kier molecular flexibility index (Phi) is 8.13. The number of thioether (sulfide) groups is 1. The minimum atomic E-state index is -0.920. The van der Waals surface area contributed by atoms with Crippen LogP contribution in [0.4, 0.5) is 4.39 Å². The molecule has 0 spiro atoms. The number of amides is 1. The number of hydrogen-bond acceptors (Lipinski definition) is 4. The second-order valence-electron chi connectivity index (χ2n) is 5.86. The van der Waals surface area contributed by atoms with Gasteiger partial charge in [-0.15, -0.1) is 11.8 Å². The Morgan fingerprint density at radius 3 is 2.56 bits per heavy atom. The zero-order chi connectivity index (χ0) is 19.6. The Bertz CT molecular complexity index is 767. The van der Waals surface area contributed by atoms with Crippen LogP contribution in [0.1, 0.15) is 30.1 Å². The Morgan fingerprint density at radius 1 is 1.15 bits per heavy atom. The van der Waals surface area contributed by atoms with E-state index in [9.17, 15) is 14.0 Å². The molecule has 2 rings (SSSR count). The van der Waals surface area contributed by atoms with E-state index in [-0.39, 0.29) is 11.7 Å². The smallest absolute Gasteiger partial charge is 0.316 e. The molecule has 0 fully saturated rings. The molecule has 2 N–H and O–H groups in total. The molecule has 0 aliphatic heterocycles. The number of halogens is 1. The van der Waals surface area contributed by atoms with Gasteiger partial charge in [0.2, 0.25) is 0 Å². The van der Waals surface area contributed by atoms with Crippen molar-refractivity contribution >= 4 is 23.6 Å². The molecule has 0 heterocycles. The molecule has 1 atom stereocenters. The van der Waals surface area contributed by atoms with Gasteiger partial charge in [0.15, 0.2) is 0 Å². The Balaban J connectivity index is 1.74. The molecule has 1 amide bonds. The van der Waals surface area contributed by atoms with Gasteiger partial charge >= 0.3 is 5.97 Å². The van der Waals surface area contributed by atoms with Crippen LogP contribution in [0.5, 0.6) is 5.75 Å². The van der Waals surface area contributed by atoms with Crippen LogP contribution in [0.3, 0.4) is 0 Å². The average molecular weight is 391 g/mol. The number of carbonyl (C=O) groups is 2. The van der Waals surface area contributed by atoms with Crippen molar-refractivity contribution in [1.82, 2.24) is 5.32 Å². The Labute approximate surface area is 161 Å². The van der Waals surface area contributed by atoms with Gasteiger partial charge in [-0.3, -0.25) is 9.59 Å². The molecule has 1 unspecified atom stereocenters. The highest BCUT2D eigenvalue weighted by Crippen LogP contribution is 2.27. The van der Waals surface area contributed by atoms with E-state index in [4.69, 9.17) is 9.84 Å². The zero-order valence-corrected chi connectivity index (χ0v) is 15.8. The van der Waals surface area contributed by atoms with Crippen molar-refractivity contribution in [2.24, 2.45) is 0 Å². The van der Waals surface area contributed by atoms with Crippen LogP contribution < -0.4 is 10.1 Å². The van der Waals surface area contributed by atoms with Gasteiger partial charge in [0.25, 0.3) is 5.91 Å². The molecule has 5 nitrogen and oxygen atoms in total. The summed E-state index contributed by atoms with van der Waals surface area (Å²) in [7, 11) is 0. The summed E-state index contributed by atoms with van der Waals surface area (Å²) in [5.74, 6) is -0.841. The summed E-state index contributed by atoms with van der Waals surface area (Å²) >= 11 is 1.15. The number of rotatable bonds is 10. The molecule has 2 aromatic carbocycles. The number of carboxylic acid groups (broad SMARTS) is 1. The van der Waals surface area contributed by atoms with Crippen molar-refractivity contribution in [2.45, 2.75) is 29.9 Å². The number of carbonyl (C=O) groups excluding carboxylic acids is 1. The number of unbranched alkanes of at least 4 members (excludes halogenated alkanes) is 1. The summed E-state index contributed by atoms with van der Waals surface area (Å²) in [5.41, 5.74) is 0.471. The SMILES string of the molecule is CC(Sc1ccccc1C(=O)NCCCCOc1ccc(F)cc1)C(=O)O. The van der Waals surface area contributed by atoms with Crippen molar-refractivity contribution in [3.8, 4) is 5.75 Å². The maximum atomic E-state index is 12.8. The first kappa shape index (κ1) is 20.8. The lowest BCUT2D eigenvalue weighted by molar-refractivity contribution is -0.136. The highest BCUT2D eigenvalue weighted by molar-refractivity contribution is 8.00. The number of carboxylic acids is 1. The van der Waals surface area contributed by atoms with E-state index in [1.54, 1.807) is 43.3 Å². The molecule has 0 radical (unpaired) electrons. The van der Waals surface area contributed by atoms with Crippen molar-refractivity contribution in [3.05, 3.63) is 59.9 Å². The first-order valence-corrected chi connectivity index (χ1v) is 9.50. The number of ether oxygens (including phenoxy) is 1. The van der Waals surface area contributed by atoms with Crippen molar-refractivity contribution < 1.29 is 23.8 Å². The van der Waals surface area contributed by atoms with Gasteiger partial charge in [-0.2, -0.15) is 0 Å². The predicted molar refractivity (Wildman–Crippen MR) is 103 cm³/mol. The third-order valence-electron chi connectivity index (χ3n) is 3.72. The van der Waals surface area contributed by atoms with Crippen LogP contribution in [0.25, 0.3) is 0 Å². The lowest BCUT2D eigenvalue weighted by Crippen LogP contribution is -2.25. The molecule has 0 aliphatic carbocycles. The third-order valence-corrected chi connectivity index (χ3v) is 4.89. The van der Waals surface area contributed by atoms with Gasteiger partial charge < -0.3 is 15.2 Å². The highest BCUT2D eigenvalue weighted by Gasteiger charge is 2.17. The molecule has 0 bridgehead atoms. The summed E-state index contributed by atoms with van der Waals surface area (Å²) in [6.07, 6.45) is 1.47. The Hall–Kier alpha value is -2.54. The molecular weight excluding hydrogens is 369 g/mol. The largest absolute Gasteiger partial charge is 0.494 e. The number of benzene rings is 2. The number of hydrogen-bond donors (Lipinski definition) is 2. The molecule has 2 aromatic rings. The van der Waals surface area contributed by atoms with Crippen LogP contribution in [0, 0.1) is 5.82 Å². The fraction of sp³-hybridized carbons (Fsp3) is 0.300. The summed E-state index contributed by atoms with van der Waals surface area (Å²) < 4.78 is 18.3. The second-order valence-corrected chi connectivity index (χ2v) is 7.24. The fourth-order valence-corrected chi connectivity index (χ4v) is 3.17. The summed E-state index contributed by atoms with van der Waals surface area (Å²) in [6.45, 7) is 2.55. The van der Waals surface area contributed by atoms with E-state index in [0.717, 1.165) is 24.6 Å². The topological polar surface area (TPSA) is 75.6 Å². The van der Waals surface area contributed by atoms with Crippen LogP contribution in [-0.4, -0.2) is 35.4 Å². The second kappa shape index (κ2) is 10.6. The molecule has 0 aliphatic rings. The van der Waals surface area contributed by atoms with Gasteiger partial charge in [-0.1, -0.05) is 12.1 Å². The number of aliphatic carboxylic acids is 1. The molecule has 7 heteroatoms. The van der Waals surface area contributed by atoms with E-state index in [1.807, 2.05) is 0 Å². The molecule has 0 saturated heterocycles. The standard InChI is InChI=1S/C20H22FNO4S/c1-14(20(24)25)27-18-7-3-2-6-17(18)19(23)22-12-4-5-13-26-16-10-8-15(21)9-11-16/h2-3,6-11,14H,4-5,12-13H2,1H3,(H,22,23)(H,24,25). The minimum Gasteiger partial charge on any atom is -0.494 e. The maximum Gasteiger partial charge on any atom is 0.316 e. The van der Waals surface area contributed by atoms with Gasteiger partial charge in [-0.25, -0.2) is 4.39 Å². The van der Waals surface area contributed by atoms with Crippen LogP contribution >= 0.6 is 11.8 Å². The predicted octanol–water partition coefficient (Wildman–Crippen LogP) is 3.98. The molecule has 144 valence electrons. The van der Waals surface area contributed by atoms with E-state index in [2.05, 4.69) is 5.32 Å². The van der Waals surface area contributed by atoms with Crippen molar-refractivity contribution in [1.29, 1.82) is 0 Å². The van der Waals surface area contributed by atoms with E-state index < -0.39 is 11.2 Å². The quantitative estimate of drug-likeness (QED) is 0.473. The number of nitrogens with one attached hydrogen (secondary N) is 1. The summed E-state index contributed by atoms with van der Waals surface area (Å²) in [4.78, 5) is 24.0. The lowest BCUT2D eigenvalue weighted by atomic mass is 10.2. The minimum absolute atomic E-state index is 0.227.